The highest BCUT2D eigenvalue weighted by Crippen LogP contribution is 2.36. The summed E-state index contributed by atoms with van der Waals surface area (Å²) < 4.78 is 0. The Bertz CT molecular complexity index is 724. The molecule has 0 atom stereocenters. The molecule has 1 fully saturated rings. The summed E-state index contributed by atoms with van der Waals surface area (Å²) in [6.45, 7) is 2.71. The van der Waals surface area contributed by atoms with E-state index in [9.17, 15) is 9.90 Å². The van der Waals surface area contributed by atoms with Gasteiger partial charge in [-0.05, 0) is 68.5 Å². The molecule has 4 heteroatoms. The smallest absolute Gasteiger partial charge is 0.309 e. The fourth-order valence-corrected chi connectivity index (χ4v) is 4.00. The van der Waals surface area contributed by atoms with Crippen LogP contribution in [0.25, 0.3) is 0 Å². The van der Waals surface area contributed by atoms with Crippen LogP contribution >= 0.6 is 11.6 Å². The summed E-state index contributed by atoms with van der Waals surface area (Å²) in [7, 11) is 0. The molecule has 1 N–H and O–H groups in total. The van der Waals surface area contributed by atoms with Crippen LogP contribution in [0.15, 0.2) is 54.6 Å². The number of carboxylic acid groups (broad SMARTS) is 1. The van der Waals surface area contributed by atoms with E-state index in [0.29, 0.717) is 11.4 Å². The molecule has 2 aromatic carbocycles. The molecule has 0 saturated carbocycles. The van der Waals surface area contributed by atoms with Gasteiger partial charge in [0.15, 0.2) is 0 Å². The molecule has 0 amide bonds. The first-order valence-corrected chi connectivity index (χ1v) is 9.69. The van der Waals surface area contributed by atoms with E-state index in [0.717, 1.165) is 50.9 Å². The molecule has 1 heterocycles. The molecule has 0 bridgehead atoms. The molecule has 0 aliphatic carbocycles. The summed E-state index contributed by atoms with van der Waals surface area (Å²) in [6.07, 6.45) is 3.89. The van der Waals surface area contributed by atoms with Crippen molar-refractivity contribution in [2.45, 2.75) is 32.1 Å². The second-order valence-electron chi connectivity index (χ2n) is 7.29. The Labute approximate surface area is 160 Å². The molecule has 1 saturated heterocycles. The zero-order valence-corrected chi connectivity index (χ0v) is 15.8. The van der Waals surface area contributed by atoms with Crippen molar-refractivity contribution in [1.29, 1.82) is 0 Å². The van der Waals surface area contributed by atoms with Crippen LogP contribution in [0, 0.1) is 5.41 Å². The second-order valence-corrected chi connectivity index (χ2v) is 7.73. The average molecular weight is 372 g/mol. The van der Waals surface area contributed by atoms with Gasteiger partial charge in [0.05, 0.1) is 5.41 Å². The number of carbonyl (C=O) groups is 1. The average Bonchev–Trinajstić information content (AvgIpc) is 2.66. The van der Waals surface area contributed by atoms with Crippen molar-refractivity contribution < 1.29 is 9.90 Å². The van der Waals surface area contributed by atoms with Crippen LogP contribution < -0.4 is 0 Å². The Morgan fingerprint density at radius 2 is 1.69 bits per heavy atom. The molecule has 0 radical (unpaired) electrons. The van der Waals surface area contributed by atoms with Crippen molar-refractivity contribution in [1.82, 2.24) is 4.90 Å². The molecule has 1 aliphatic heterocycles. The number of rotatable bonds is 7. The number of aryl methyl sites for hydroxylation is 1. The molecule has 0 unspecified atom stereocenters. The zero-order chi connectivity index (χ0) is 18.4. The van der Waals surface area contributed by atoms with Gasteiger partial charge in [0.1, 0.15) is 0 Å². The van der Waals surface area contributed by atoms with E-state index >= 15 is 0 Å². The van der Waals surface area contributed by atoms with Crippen molar-refractivity contribution in [2.75, 3.05) is 19.6 Å². The van der Waals surface area contributed by atoms with E-state index in [1.807, 2.05) is 30.3 Å². The quantitative estimate of drug-likeness (QED) is 0.768. The number of piperidine rings is 1. The summed E-state index contributed by atoms with van der Waals surface area (Å²) in [5.41, 5.74) is 1.85. The minimum Gasteiger partial charge on any atom is -0.481 e. The molecule has 2 aromatic rings. The van der Waals surface area contributed by atoms with E-state index in [1.54, 1.807) is 0 Å². The summed E-state index contributed by atoms with van der Waals surface area (Å²) in [5, 5.41) is 10.6. The molecule has 0 spiro atoms. The predicted octanol–water partition coefficient (Wildman–Crippen LogP) is 4.68. The lowest BCUT2D eigenvalue weighted by Gasteiger charge is -2.39. The van der Waals surface area contributed by atoms with E-state index in [2.05, 4.69) is 29.2 Å². The minimum atomic E-state index is -0.651. The van der Waals surface area contributed by atoms with Gasteiger partial charge in [-0.3, -0.25) is 4.79 Å². The summed E-state index contributed by atoms with van der Waals surface area (Å²) in [4.78, 5) is 14.4. The van der Waals surface area contributed by atoms with Crippen LogP contribution in [0.1, 0.15) is 30.4 Å². The summed E-state index contributed by atoms with van der Waals surface area (Å²) in [6, 6.07) is 18.2. The Morgan fingerprint density at radius 3 is 2.35 bits per heavy atom. The molecule has 0 aromatic heterocycles. The van der Waals surface area contributed by atoms with Crippen LogP contribution in [0.5, 0.6) is 0 Å². The SMILES string of the molecule is O=C(O)C1(CCc2cccc(Cl)c2)CCN(CCc2ccccc2)CC1. The largest absolute Gasteiger partial charge is 0.481 e. The number of nitrogens with zero attached hydrogens (tertiary/aromatic N) is 1. The predicted molar refractivity (Wildman–Crippen MR) is 106 cm³/mol. The minimum absolute atomic E-state index is 0.606. The van der Waals surface area contributed by atoms with Crippen LogP contribution in [0.3, 0.4) is 0 Å². The van der Waals surface area contributed by atoms with Gasteiger partial charge in [-0.25, -0.2) is 0 Å². The normalized spacial score (nSPS) is 17.1. The van der Waals surface area contributed by atoms with Gasteiger partial charge in [-0.2, -0.15) is 0 Å². The number of benzene rings is 2. The number of carboxylic acids is 1. The Hall–Kier alpha value is -1.84. The maximum atomic E-state index is 12.0. The van der Waals surface area contributed by atoms with E-state index in [1.165, 1.54) is 5.56 Å². The van der Waals surface area contributed by atoms with Crippen LogP contribution in [-0.4, -0.2) is 35.6 Å². The van der Waals surface area contributed by atoms with E-state index < -0.39 is 11.4 Å². The number of halogens is 1. The second kappa shape index (κ2) is 8.70. The van der Waals surface area contributed by atoms with Crippen molar-refractivity contribution in [3.05, 3.63) is 70.7 Å². The number of aliphatic carboxylic acids is 1. The molecular formula is C22H26ClNO2. The number of likely N-dealkylation sites (tertiary alicyclic amines) is 1. The highest BCUT2D eigenvalue weighted by molar-refractivity contribution is 6.30. The van der Waals surface area contributed by atoms with E-state index in [4.69, 9.17) is 11.6 Å². The lowest BCUT2D eigenvalue weighted by molar-refractivity contribution is -0.152. The Kier molecular flexibility index (Phi) is 6.33. The zero-order valence-electron chi connectivity index (χ0n) is 15.0. The fraction of sp³-hybridized carbons (Fsp3) is 0.409. The summed E-state index contributed by atoms with van der Waals surface area (Å²) >= 11 is 6.05. The first-order chi connectivity index (χ1) is 12.6. The molecule has 26 heavy (non-hydrogen) atoms. The third-order valence-corrected chi connectivity index (χ3v) is 5.84. The van der Waals surface area contributed by atoms with Crippen LogP contribution in [-0.2, 0) is 17.6 Å². The maximum Gasteiger partial charge on any atom is 0.309 e. The molecule has 3 nitrogen and oxygen atoms in total. The van der Waals surface area contributed by atoms with Crippen molar-refractivity contribution in [3.8, 4) is 0 Å². The highest BCUT2D eigenvalue weighted by Gasteiger charge is 2.40. The third kappa shape index (κ3) is 4.87. The van der Waals surface area contributed by atoms with Gasteiger partial charge in [0.2, 0.25) is 0 Å². The summed E-state index contributed by atoms with van der Waals surface area (Å²) in [5.74, 6) is -0.651. The van der Waals surface area contributed by atoms with Gasteiger partial charge in [-0.1, -0.05) is 54.1 Å². The first-order valence-electron chi connectivity index (χ1n) is 9.32. The third-order valence-electron chi connectivity index (χ3n) is 5.61. The van der Waals surface area contributed by atoms with Crippen molar-refractivity contribution in [3.63, 3.8) is 0 Å². The molecule has 138 valence electrons. The topological polar surface area (TPSA) is 40.5 Å². The van der Waals surface area contributed by atoms with Gasteiger partial charge >= 0.3 is 5.97 Å². The van der Waals surface area contributed by atoms with Crippen molar-refractivity contribution >= 4 is 17.6 Å². The Morgan fingerprint density at radius 1 is 1.00 bits per heavy atom. The standard InChI is InChI=1S/C22H26ClNO2/c23-20-8-4-7-19(17-20)9-11-22(21(25)26)12-15-24(16-13-22)14-10-18-5-2-1-3-6-18/h1-8,17H,9-16H2,(H,25,26). The number of hydrogen-bond donors (Lipinski definition) is 1. The van der Waals surface area contributed by atoms with Gasteiger partial charge in [0, 0.05) is 11.6 Å². The molecule has 3 rings (SSSR count). The van der Waals surface area contributed by atoms with Gasteiger partial charge in [-0.15, -0.1) is 0 Å². The van der Waals surface area contributed by atoms with E-state index in [-0.39, 0.29) is 0 Å². The van der Waals surface area contributed by atoms with Gasteiger partial charge in [0.25, 0.3) is 0 Å². The number of hydrogen-bond acceptors (Lipinski definition) is 2. The lowest BCUT2D eigenvalue weighted by atomic mass is 9.74. The monoisotopic (exact) mass is 371 g/mol. The first kappa shape index (κ1) is 18.9. The van der Waals surface area contributed by atoms with Crippen LogP contribution in [0.4, 0.5) is 0 Å². The van der Waals surface area contributed by atoms with Crippen LogP contribution in [0.2, 0.25) is 5.02 Å². The highest BCUT2D eigenvalue weighted by atomic mass is 35.5. The van der Waals surface area contributed by atoms with Gasteiger partial charge < -0.3 is 10.0 Å². The lowest BCUT2D eigenvalue weighted by Crippen LogP contribution is -2.45. The molecular weight excluding hydrogens is 346 g/mol. The van der Waals surface area contributed by atoms with Crippen molar-refractivity contribution in [2.24, 2.45) is 5.41 Å². The molecule has 1 aliphatic rings. The maximum absolute atomic E-state index is 12.0. The Balaban J connectivity index is 1.54. The fourth-order valence-electron chi connectivity index (χ4n) is 3.78.